The van der Waals surface area contributed by atoms with E-state index in [9.17, 15) is 4.79 Å². The SMILES string of the molecule is Cc1csc([C@H]2CCCN2C(=O)c2cccc(-c3nnc([C@](C)(N)Cc4ccccc4)o3)c2)n1. The molecule has 8 heteroatoms. The molecular formula is C26H27N5O2S. The van der Waals surface area contributed by atoms with E-state index in [4.69, 9.17) is 10.2 Å². The lowest BCUT2D eigenvalue weighted by molar-refractivity contribution is 0.0735. The van der Waals surface area contributed by atoms with Crippen molar-refractivity contribution in [1.29, 1.82) is 0 Å². The number of likely N-dealkylation sites (tertiary alicyclic amines) is 1. The molecule has 34 heavy (non-hydrogen) atoms. The summed E-state index contributed by atoms with van der Waals surface area (Å²) in [6.07, 6.45) is 2.47. The highest BCUT2D eigenvalue weighted by Gasteiger charge is 2.33. The summed E-state index contributed by atoms with van der Waals surface area (Å²) in [5.41, 5.74) is 9.10. The van der Waals surface area contributed by atoms with Gasteiger partial charge in [0.25, 0.3) is 5.91 Å². The summed E-state index contributed by atoms with van der Waals surface area (Å²) in [5, 5.41) is 11.5. The first kappa shape index (κ1) is 22.4. The number of aryl methyl sites for hydroxylation is 1. The van der Waals surface area contributed by atoms with Crippen molar-refractivity contribution in [3.8, 4) is 11.5 Å². The Morgan fingerprint density at radius 2 is 2.03 bits per heavy atom. The molecule has 2 aromatic carbocycles. The number of carbonyl (C=O) groups excluding carboxylic acids is 1. The van der Waals surface area contributed by atoms with Crippen molar-refractivity contribution >= 4 is 17.2 Å². The van der Waals surface area contributed by atoms with Crippen LogP contribution in [0.4, 0.5) is 0 Å². The summed E-state index contributed by atoms with van der Waals surface area (Å²) in [6, 6.07) is 17.4. The molecule has 1 fully saturated rings. The van der Waals surface area contributed by atoms with Crippen LogP contribution >= 0.6 is 11.3 Å². The molecule has 0 spiro atoms. The minimum absolute atomic E-state index is 0.00955. The topological polar surface area (TPSA) is 98.1 Å². The Morgan fingerprint density at radius 1 is 1.21 bits per heavy atom. The van der Waals surface area contributed by atoms with Gasteiger partial charge in [0.1, 0.15) is 5.01 Å². The van der Waals surface area contributed by atoms with Gasteiger partial charge in [-0.3, -0.25) is 4.79 Å². The van der Waals surface area contributed by atoms with Crippen LogP contribution < -0.4 is 5.73 Å². The van der Waals surface area contributed by atoms with Crippen LogP contribution in [0.5, 0.6) is 0 Å². The van der Waals surface area contributed by atoms with Crippen LogP contribution in [0, 0.1) is 6.92 Å². The van der Waals surface area contributed by atoms with Gasteiger partial charge in [0.2, 0.25) is 11.8 Å². The molecule has 0 radical (unpaired) electrons. The fraction of sp³-hybridized carbons (Fsp3) is 0.308. The Balaban J connectivity index is 1.36. The third-order valence-corrected chi connectivity index (χ3v) is 7.18. The number of benzene rings is 2. The van der Waals surface area contributed by atoms with Crippen LogP contribution in [-0.4, -0.2) is 32.5 Å². The van der Waals surface area contributed by atoms with Crippen molar-refractivity contribution < 1.29 is 9.21 Å². The van der Waals surface area contributed by atoms with E-state index in [0.29, 0.717) is 29.3 Å². The number of nitrogens with two attached hydrogens (primary N) is 1. The first-order valence-electron chi connectivity index (χ1n) is 11.4. The quantitative estimate of drug-likeness (QED) is 0.428. The molecule has 5 rings (SSSR count). The number of nitrogens with zero attached hydrogens (tertiary/aromatic N) is 4. The van der Waals surface area contributed by atoms with Crippen molar-refractivity contribution in [1.82, 2.24) is 20.1 Å². The van der Waals surface area contributed by atoms with Gasteiger partial charge in [-0.25, -0.2) is 4.98 Å². The standard InChI is InChI=1S/C26H27N5O2S/c1-17-16-34-23(28-17)21-12-7-13-31(21)24(32)20-11-6-10-19(14-20)22-29-30-25(33-22)26(2,27)15-18-8-4-3-5-9-18/h3-6,8-11,14,16,21H,7,12-13,15,27H2,1-2H3/t21-,26-/m1/s1. The maximum Gasteiger partial charge on any atom is 0.254 e. The van der Waals surface area contributed by atoms with Crippen molar-refractivity contribution in [2.24, 2.45) is 5.73 Å². The van der Waals surface area contributed by atoms with Gasteiger partial charge < -0.3 is 15.1 Å². The van der Waals surface area contributed by atoms with Gasteiger partial charge in [0.15, 0.2) is 0 Å². The maximum absolute atomic E-state index is 13.4. The van der Waals surface area contributed by atoms with Gasteiger partial charge in [-0.05, 0) is 56.9 Å². The van der Waals surface area contributed by atoms with Gasteiger partial charge in [-0.1, -0.05) is 36.4 Å². The summed E-state index contributed by atoms with van der Waals surface area (Å²) in [4.78, 5) is 19.9. The molecule has 1 aliphatic rings. The van der Waals surface area contributed by atoms with Gasteiger partial charge in [-0.15, -0.1) is 21.5 Å². The molecule has 2 atom stereocenters. The minimum Gasteiger partial charge on any atom is -0.419 e. The molecule has 174 valence electrons. The maximum atomic E-state index is 13.4. The second kappa shape index (κ2) is 9.12. The number of hydrogen-bond donors (Lipinski definition) is 1. The third kappa shape index (κ3) is 4.51. The van der Waals surface area contributed by atoms with E-state index < -0.39 is 5.54 Å². The summed E-state index contributed by atoms with van der Waals surface area (Å²) in [6.45, 7) is 4.59. The predicted molar refractivity (Wildman–Crippen MR) is 131 cm³/mol. The Hall–Kier alpha value is -3.36. The smallest absolute Gasteiger partial charge is 0.254 e. The molecule has 0 aliphatic carbocycles. The highest BCUT2D eigenvalue weighted by Crippen LogP contribution is 2.35. The number of thiazole rings is 1. The lowest BCUT2D eigenvalue weighted by Crippen LogP contribution is -2.35. The summed E-state index contributed by atoms with van der Waals surface area (Å²) >= 11 is 1.62. The fourth-order valence-electron chi connectivity index (χ4n) is 4.41. The van der Waals surface area contributed by atoms with E-state index in [0.717, 1.165) is 35.7 Å². The number of hydrogen-bond acceptors (Lipinski definition) is 7. The fourth-order valence-corrected chi connectivity index (χ4v) is 5.35. The monoisotopic (exact) mass is 473 g/mol. The number of rotatable bonds is 6. The van der Waals surface area contributed by atoms with Crippen LogP contribution in [0.3, 0.4) is 0 Å². The molecule has 1 aliphatic heterocycles. The minimum atomic E-state index is -0.811. The summed E-state index contributed by atoms with van der Waals surface area (Å²) in [5.74, 6) is 0.703. The Bertz CT molecular complexity index is 1300. The first-order valence-corrected chi connectivity index (χ1v) is 12.3. The van der Waals surface area contributed by atoms with E-state index in [1.165, 1.54) is 0 Å². The Morgan fingerprint density at radius 3 is 2.79 bits per heavy atom. The van der Waals surface area contributed by atoms with Crippen molar-refractivity contribution in [2.75, 3.05) is 6.54 Å². The predicted octanol–water partition coefficient (Wildman–Crippen LogP) is 4.90. The third-order valence-electron chi connectivity index (χ3n) is 6.12. The molecule has 2 N–H and O–H groups in total. The zero-order valence-electron chi connectivity index (χ0n) is 19.3. The lowest BCUT2D eigenvalue weighted by atomic mass is 9.94. The normalized spacial score (nSPS) is 17.6. The first-order chi connectivity index (χ1) is 16.4. The average molecular weight is 474 g/mol. The second-order valence-corrected chi connectivity index (χ2v) is 9.95. The van der Waals surface area contributed by atoms with E-state index in [1.807, 2.05) is 78.7 Å². The van der Waals surface area contributed by atoms with Gasteiger partial charge in [0, 0.05) is 28.7 Å². The van der Waals surface area contributed by atoms with E-state index >= 15 is 0 Å². The zero-order valence-corrected chi connectivity index (χ0v) is 20.1. The van der Waals surface area contributed by atoms with Crippen LogP contribution in [0.1, 0.15) is 58.3 Å². The number of carbonyl (C=O) groups is 1. The molecular weight excluding hydrogens is 446 g/mol. The summed E-state index contributed by atoms with van der Waals surface area (Å²) in [7, 11) is 0. The highest BCUT2D eigenvalue weighted by atomic mass is 32.1. The van der Waals surface area contributed by atoms with Crippen LogP contribution in [0.2, 0.25) is 0 Å². The molecule has 4 aromatic rings. The molecule has 0 unspecified atom stereocenters. The highest BCUT2D eigenvalue weighted by molar-refractivity contribution is 7.09. The van der Waals surface area contributed by atoms with E-state index in [-0.39, 0.29) is 11.9 Å². The van der Waals surface area contributed by atoms with Crippen LogP contribution in [0.25, 0.3) is 11.5 Å². The molecule has 3 heterocycles. The van der Waals surface area contributed by atoms with Gasteiger partial charge in [0.05, 0.1) is 11.6 Å². The van der Waals surface area contributed by atoms with Crippen LogP contribution in [0.15, 0.2) is 64.4 Å². The number of aromatic nitrogens is 3. The molecule has 1 saturated heterocycles. The largest absolute Gasteiger partial charge is 0.419 e. The lowest BCUT2D eigenvalue weighted by Gasteiger charge is -2.23. The molecule has 7 nitrogen and oxygen atoms in total. The number of amides is 1. The molecule has 0 bridgehead atoms. The van der Waals surface area contributed by atoms with Gasteiger partial charge in [-0.2, -0.15) is 0 Å². The Labute approximate surface area is 202 Å². The van der Waals surface area contributed by atoms with Crippen molar-refractivity contribution in [3.63, 3.8) is 0 Å². The molecule has 2 aromatic heterocycles. The zero-order chi connectivity index (χ0) is 23.7. The van der Waals surface area contributed by atoms with Gasteiger partial charge >= 0.3 is 0 Å². The molecule has 1 amide bonds. The van der Waals surface area contributed by atoms with E-state index in [2.05, 4.69) is 15.2 Å². The summed E-state index contributed by atoms with van der Waals surface area (Å²) < 4.78 is 5.98. The second-order valence-electron chi connectivity index (χ2n) is 9.06. The van der Waals surface area contributed by atoms with Crippen LogP contribution in [-0.2, 0) is 12.0 Å². The average Bonchev–Trinajstić information content (AvgIpc) is 3.59. The van der Waals surface area contributed by atoms with Crippen molar-refractivity contribution in [3.05, 3.63) is 87.7 Å². The Kier molecular flexibility index (Phi) is 6.02. The van der Waals surface area contributed by atoms with Crippen molar-refractivity contribution in [2.45, 2.75) is 44.7 Å². The van der Waals surface area contributed by atoms with E-state index in [1.54, 1.807) is 11.3 Å². The molecule has 0 saturated carbocycles.